The lowest BCUT2D eigenvalue weighted by atomic mass is 10.5. The van der Waals surface area contributed by atoms with Crippen molar-refractivity contribution in [3.8, 4) is 0 Å². The van der Waals surface area contributed by atoms with Gasteiger partial charge in [-0.25, -0.2) is 0 Å². The Bertz CT molecular complexity index is 197. The predicted octanol–water partition coefficient (Wildman–Crippen LogP) is 1.74. The molecule has 0 aliphatic carbocycles. The number of hydroxylamine groups is 1. The Morgan fingerprint density at radius 3 is 2.10 bits per heavy atom. The molecule has 0 saturated heterocycles. The Morgan fingerprint density at radius 2 is 1.60 bits per heavy atom. The first-order valence-corrected chi connectivity index (χ1v) is 2.16. The Hall–Kier alpha value is -1.20. The smallest absolute Gasteiger partial charge is 0.340 e. The first-order chi connectivity index (χ1) is 4.63. The van der Waals surface area contributed by atoms with E-state index in [0.29, 0.717) is 0 Å². The van der Waals surface area contributed by atoms with Crippen molar-refractivity contribution in [3.63, 3.8) is 0 Å². The highest BCUT2D eigenvalue weighted by atomic mass is 19.2. The maximum Gasteiger partial charge on any atom is 0.340 e. The molecule has 6 heteroatoms. The summed E-state index contributed by atoms with van der Waals surface area (Å²) in [6, 6.07) is -1.82. The Kier molecular flexibility index (Phi) is 1.52. The standard InChI is InChI=1S/C4HF4NO/c5-1-2(6)4(8)10-9-3(1)7/h9H. The molecule has 0 aromatic rings. The summed E-state index contributed by atoms with van der Waals surface area (Å²) in [6.45, 7) is 0. The molecule has 0 bridgehead atoms. The van der Waals surface area contributed by atoms with Crippen LogP contribution in [0.2, 0.25) is 0 Å². The summed E-state index contributed by atoms with van der Waals surface area (Å²) in [5.74, 6) is -5.58. The van der Waals surface area contributed by atoms with Crippen molar-refractivity contribution >= 4 is 0 Å². The van der Waals surface area contributed by atoms with E-state index >= 15 is 0 Å². The third-order valence-electron chi connectivity index (χ3n) is 0.788. The quantitative estimate of drug-likeness (QED) is 0.425. The van der Waals surface area contributed by atoms with Crippen LogP contribution in [-0.2, 0) is 4.84 Å². The molecule has 0 atom stereocenters. The van der Waals surface area contributed by atoms with Gasteiger partial charge in [-0.3, -0.25) is 0 Å². The minimum Gasteiger partial charge on any atom is -0.346 e. The van der Waals surface area contributed by atoms with Crippen LogP contribution in [0.3, 0.4) is 0 Å². The summed E-state index contributed by atoms with van der Waals surface area (Å²) in [7, 11) is 0. The molecule has 0 aromatic heterocycles. The first-order valence-electron chi connectivity index (χ1n) is 2.16. The summed E-state index contributed by atoms with van der Waals surface area (Å²) in [6.07, 6.45) is 0. The van der Waals surface area contributed by atoms with Crippen molar-refractivity contribution in [2.24, 2.45) is 0 Å². The average molecular weight is 155 g/mol. The van der Waals surface area contributed by atoms with E-state index in [0.717, 1.165) is 0 Å². The number of allylic oxidation sites excluding steroid dienone is 2. The number of hydrogen-bond donors (Lipinski definition) is 1. The van der Waals surface area contributed by atoms with E-state index in [1.807, 2.05) is 0 Å². The van der Waals surface area contributed by atoms with Crippen LogP contribution in [0.15, 0.2) is 23.6 Å². The Balaban J connectivity index is 3.01. The van der Waals surface area contributed by atoms with Gasteiger partial charge < -0.3 is 4.84 Å². The second-order valence-electron chi connectivity index (χ2n) is 1.42. The van der Waals surface area contributed by atoms with Gasteiger partial charge in [0.1, 0.15) is 0 Å². The zero-order valence-corrected chi connectivity index (χ0v) is 4.42. The van der Waals surface area contributed by atoms with Gasteiger partial charge in [0.25, 0.3) is 5.95 Å². The van der Waals surface area contributed by atoms with E-state index in [9.17, 15) is 17.6 Å². The molecule has 1 aliphatic rings. The van der Waals surface area contributed by atoms with E-state index in [2.05, 4.69) is 4.84 Å². The van der Waals surface area contributed by atoms with E-state index < -0.39 is 23.6 Å². The molecule has 0 amide bonds. The highest BCUT2D eigenvalue weighted by Gasteiger charge is 2.24. The third kappa shape index (κ3) is 0.916. The lowest BCUT2D eigenvalue weighted by Gasteiger charge is -2.08. The van der Waals surface area contributed by atoms with Gasteiger partial charge in [-0.15, -0.1) is 0 Å². The zero-order valence-electron chi connectivity index (χ0n) is 4.42. The molecule has 0 fully saturated rings. The van der Waals surface area contributed by atoms with Crippen molar-refractivity contribution in [1.29, 1.82) is 0 Å². The van der Waals surface area contributed by atoms with Crippen LogP contribution in [0.25, 0.3) is 0 Å². The molecule has 0 spiro atoms. The molecular weight excluding hydrogens is 154 g/mol. The van der Waals surface area contributed by atoms with E-state index in [-0.39, 0.29) is 0 Å². The molecular formula is C4HF4NO. The summed E-state index contributed by atoms with van der Waals surface area (Å²) in [5.41, 5.74) is 1.18. The van der Waals surface area contributed by atoms with Gasteiger partial charge in [-0.2, -0.15) is 23.0 Å². The maximum absolute atomic E-state index is 11.9. The molecule has 0 aromatic carbocycles. The van der Waals surface area contributed by atoms with Crippen molar-refractivity contribution in [2.75, 3.05) is 0 Å². The fraction of sp³-hybridized carbons (Fsp3) is 0. The van der Waals surface area contributed by atoms with Gasteiger partial charge in [0.05, 0.1) is 0 Å². The van der Waals surface area contributed by atoms with Crippen LogP contribution >= 0.6 is 0 Å². The number of nitrogens with one attached hydrogen (secondary N) is 1. The second kappa shape index (κ2) is 2.20. The lowest BCUT2D eigenvalue weighted by Crippen LogP contribution is -2.16. The zero-order chi connectivity index (χ0) is 7.72. The first kappa shape index (κ1) is 6.91. The van der Waals surface area contributed by atoms with Crippen LogP contribution in [0.5, 0.6) is 0 Å². The van der Waals surface area contributed by atoms with Gasteiger partial charge in [-0.05, 0) is 0 Å². The lowest BCUT2D eigenvalue weighted by molar-refractivity contribution is 0.0411. The van der Waals surface area contributed by atoms with Crippen LogP contribution in [-0.4, -0.2) is 0 Å². The highest BCUT2D eigenvalue weighted by molar-refractivity contribution is 5.23. The molecule has 1 rings (SSSR count). The fourth-order valence-corrected chi connectivity index (χ4v) is 0.362. The molecule has 1 aliphatic heterocycles. The molecule has 2 nitrogen and oxygen atoms in total. The number of rotatable bonds is 0. The highest BCUT2D eigenvalue weighted by Crippen LogP contribution is 2.25. The fourth-order valence-electron chi connectivity index (χ4n) is 0.362. The van der Waals surface area contributed by atoms with Crippen molar-refractivity contribution in [3.05, 3.63) is 23.6 Å². The topological polar surface area (TPSA) is 21.3 Å². The summed E-state index contributed by atoms with van der Waals surface area (Å²) < 4.78 is 47.4. The van der Waals surface area contributed by atoms with Gasteiger partial charge in [-0.1, -0.05) is 0 Å². The minimum atomic E-state index is -1.98. The molecule has 56 valence electrons. The van der Waals surface area contributed by atoms with Gasteiger partial charge in [0.15, 0.2) is 0 Å². The normalized spacial score (nSPS) is 18.8. The largest absolute Gasteiger partial charge is 0.346 e. The number of halogens is 4. The SMILES string of the molecule is FC1=C(F)C(F)=C(F)ON1. The number of hydrogen-bond acceptors (Lipinski definition) is 2. The van der Waals surface area contributed by atoms with Gasteiger partial charge in [0.2, 0.25) is 11.7 Å². The van der Waals surface area contributed by atoms with Crippen molar-refractivity contribution < 1.29 is 22.4 Å². The molecule has 10 heavy (non-hydrogen) atoms. The molecule has 0 radical (unpaired) electrons. The molecule has 0 saturated carbocycles. The van der Waals surface area contributed by atoms with Crippen molar-refractivity contribution in [2.45, 2.75) is 0 Å². The summed E-state index contributed by atoms with van der Waals surface area (Å²) >= 11 is 0. The van der Waals surface area contributed by atoms with Crippen LogP contribution in [0, 0.1) is 0 Å². The Morgan fingerprint density at radius 1 is 1.00 bits per heavy atom. The summed E-state index contributed by atoms with van der Waals surface area (Å²) in [5, 5.41) is 0. The molecule has 1 heterocycles. The van der Waals surface area contributed by atoms with Crippen LogP contribution in [0.1, 0.15) is 0 Å². The minimum absolute atomic E-state index is 1.18. The van der Waals surface area contributed by atoms with Gasteiger partial charge in [0, 0.05) is 0 Å². The van der Waals surface area contributed by atoms with E-state index in [1.165, 1.54) is 5.48 Å². The van der Waals surface area contributed by atoms with Crippen LogP contribution < -0.4 is 5.48 Å². The van der Waals surface area contributed by atoms with Crippen molar-refractivity contribution in [1.82, 2.24) is 5.48 Å². The Labute approximate surface area is 52.7 Å². The maximum atomic E-state index is 11.9. The molecule has 1 N–H and O–H groups in total. The van der Waals surface area contributed by atoms with Crippen LogP contribution in [0.4, 0.5) is 17.6 Å². The van der Waals surface area contributed by atoms with Gasteiger partial charge >= 0.3 is 6.01 Å². The predicted molar refractivity (Wildman–Crippen MR) is 22.7 cm³/mol. The third-order valence-corrected chi connectivity index (χ3v) is 0.788. The monoisotopic (exact) mass is 155 g/mol. The summed E-state index contributed by atoms with van der Waals surface area (Å²) in [4.78, 5) is 3.49. The second-order valence-corrected chi connectivity index (χ2v) is 1.42. The molecule has 0 unspecified atom stereocenters. The average Bonchev–Trinajstić information content (AvgIpc) is 1.93. The van der Waals surface area contributed by atoms with E-state index in [1.54, 1.807) is 0 Å². The van der Waals surface area contributed by atoms with E-state index in [4.69, 9.17) is 0 Å².